The minimum absolute atomic E-state index is 0. The van der Waals surface area contributed by atoms with Crippen molar-refractivity contribution in [1.82, 2.24) is 0 Å². The van der Waals surface area contributed by atoms with Gasteiger partial charge < -0.3 is 42.0 Å². The molecule has 1 nitrogen and oxygen atoms in total. The molecule has 8 heavy (non-hydrogen) atoms. The van der Waals surface area contributed by atoms with Gasteiger partial charge in [-0.2, -0.15) is 0 Å². The van der Waals surface area contributed by atoms with Crippen LogP contribution in [0.2, 0.25) is 0 Å². The molecule has 0 aromatic rings. The van der Waals surface area contributed by atoms with E-state index in [9.17, 15) is 4.79 Å². The van der Waals surface area contributed by atoms with E-state index in [1.54, 1.807) is 0 Å². The number of carbonyl (C=O) groups is 1. The van der Waals surface area contributed by atoms with Crippen LogP contribution in [0.5, 0.6) is 0 Å². The number of Topliss-reactive ketones (excluding diaryl/α,β-unsaturated/α-hetero) is 1. The summed E-state index contributed by atoms with van der Waals surface area (Å²) < 4.78 is 0. The van der Waals surface area contributed by atoms with Crippen molar-refractivity contribution in [3.63, 3.8) is 0 Å². The maximum absolute atomic E-state index is 9.44. The van der Waals surface area contributed by atoms with Crippen LogP contribution in [0.25, 0.3) is 0 Å². The normalized spacial score (nSPS) is 3.25. The maximum Gasteiger partial charge on any atom is 3.00 e. The first-order valence-electron chi connectivity index (χ1n) is 1.20. The molecule has 0 aliphatic rings. The Labute approximate surface area is 102 Å². The van der Waals surface area contributed by atoms with Crippen LogP contribution >= 0.6 is 0 Å². The van der Waals surface area contributed by atoms with E-state index in [0.717, 1.165) is 0 Å². The molecule has 5 heteroatoms. The molecule has 0 aliphatic heterocycles. The molecule has 0 atom stereocenters. The van der Waals surface area contributed by atoms with Crippen molar-refractivity contribution in [3.05, 3.63) is 0 Å². The zero-order valence-electron chi connectivity index (χ0n) is 4.54. The third-order valence-electron chi connectivity index (χ3n) is 0. The summed E-state index contributed by atoms with van der Waals surface area (Å²) in [5.74, 6) is 0.167. The van der Waals surface area contributed by atoms with Crippen LogP contribution in [-0.4, -0.2) is 5.78 Å². The summed E-state index contributed by atoms with van der Waals surface area (Å²) in [4.78, 5) is 9.44. The molecule has 0 spiro atoms. The van der Waals surface area contributed by atoms with Gasteiger partial charge in [-0.3, -0.25) is 0 Å². The summed E-state index contributed by atoms with van der Waals surface area (Å²) in [5, 5.41) is 0. The summed E-state index contributed by atoms with van der Waals surface area (Å²) in [6, 6.07) is 0. The minimum atomic E-state index is 0. The van der Waals surface area contributed by atoms with E-state index in [0.29, 0.717) is 0 Å². The van der Waals surface area contributed by atoms with Crippen LogP contribution in [0.1, 0.15) is 13.8 Å². The van der Waals surface area contributed by atoms with Crippen LogP contribution in [-0.2, 0) is 4.79 Å². The smallest absolute Gasteiger partial charge is 1.00 e. The fraction of sp³-hybridized carbons (Fsp3) is 0.667. The van der Waals surface area contributed by atoms with E-state index in [2.05, 4.69) is 0 Å². The monoisotopic (exact) mass is 303 g/mol. The topological polar surface area (TPSA) is 17.1 Å². The fourth-order valence-corrected chi connectivity index (χ4v) is 0. The molecular weight excluding hydrogens is 299 g/mol. The maximum atomic E-state index is 9.44. The van der Waals surface area contributed by atoms with E-state index in [4.69, 9.17) is 0 Å². The van der Waals surface area contributed by atoms with Gasteiger partial charge in [0.05, 0.1) is 0 Å². The number of carbonyl (C=O) groups excluding carboxylic acids is 1. The van der Waals surface area contributed by atoms with Crippen LogP contribution in [0, 0.1) is 41.7 Å². The van der Waals surface area contributed by atoms with Gasteiger partial charge in [-0.15, -0.1) is 0 Å². The van der Waals surface area contributed by atoms with Crippen LogP contribution in [0.4, 0.5) is 0 Å². The SMILES string of the molecule is CC(C)=O.[Ce+3].[Cl-].[Cl-].[Cl-]. The number of hydrogen-bond donors (Lipinski definition) is 0. The first kappa shape index (κ1) is 32.6. The molecule has 0 aromatic heterocycles. The van der Waals surface area contributed by atoms with Gasteiger partial charge in [-0.25, -0.2) is 0 Å². The molecule has 0 aromatic carbocycles. The van der Waals surface area contributed by atoms with E-state index in [-0.39, 0.29) is 84.8 Å². The van der Waals surface area contributed by atoms with Crippen LogP contribution < -0.4 is 37.2 Å². The molecule has 0 unspecified atom stereocenters. The van der Waals surface area contributed by atoms with Crippen LogP contribution in [0.15, 0.2) is 0 Å². The molecule has 0 amide bonds. The summed E-state index contributed by atoms with van der Waals surface area (Å²) in [6.07, 6.45) is 0. The zero-order valence-corrected chi connectivity index (χ0v) is 9.95. The number of hydrogen-bond acceptors (Lipinski definition) is 1. The van der Waals surface area contributed by atoms with E-state index < -0.39 is 0 Å². The van der Waals surface area contributed by atoms with Crippen molar-refractivity contribution in [1.29, 1.82) is 0 Å². The first-order valence-corrected chi connectivity index (χ1v) is 1.20. The predicted octanol–water partition coefficient (Wildman–Crippen LogP) is -8.39. The van der Waals surface area contributed by atoms with Crippen molar-refractivity contribution in [3.8, 4) is 0 Å². The standard InChI is InChI=1S/C3H6O.Ce.3ClH/c1-3(2)4;;;;/h1-2H3;;3*1H/q;+3;;;/p-3. The predicted molar refractivity (Wildman–Crippen MR) is 16.4 cm³/mol. The molecule has 0 saturated carbocycles. The third-order valence-corrected chi connectivity index (χ3v) is 0. The van der Waals surface area contributed by atoms with Gasteiger partial charge in [-0.05, 0) is 13.8 Å². The van der Waals surface area contributed by atoms with Crippen LogP contribution in [0.3, 0.4) is 0 Å². The Morgan fingerprint density at radius 3 is 1.00 bits per heavy atom. The van der Waals surface area contributed by atoms with Gasteiger partial charge >= 0.3 is 41.7 Å². The van der Waals surface area contributed by atoms with Crippen molar-refractivity contribution >= 4 is 5.78 Å². The molecule has 49 valence electrons. The Hall–Kier alpha value is 1.92. The Morgan fingerprint density at radius 2 is 1.00 bits per heavy atom. The van der Waals surface area contributed by atoms with Gasteiger partial charge in [0.2, 0.25) is 0 Å². The minimum Gasteiger partial charge on any atom is -1.00 e. The van der Waals surface area contributed by atoms with E-state index >= 15 is 0 Å². The number of halogens is 3. The molecule has 0 saturated heterocycles. The molecule has 0 N–H and O–H groups in total. The third kappa shape index (κ3) is 103. The number of ketones is 1. The van der Waals surface area contributed by atoms with Gasteiger partial charge in [0.1, 0.15) is 5.78 Å². The van der Waals surface area contributed by atoms with Crippen molar-refractivity contribution in [2.24, 2.45) is 0 Å². The van der Waals surface area contributed by atoms with Gasteiger partial charge in [0.25, 0.3) is 0 Å². The Kier molecular flexibility index (Phi) is 94.3. The summed E-state index contributed by atoms with van der Waals surface area (Å²) >= 11 is 0. The number of rotatable bonds is 0. The van der Waals surface area contributed by atoms with Gasteiger partial charge in [0.15, 0.2) is 0 Å². The second-order valence-corrected chi connectivity index (χ2v) is 0.908. The quantitative estimate of drug-likeness (QED) is 0.434. The van der Waals surface area contributed by atoms with Crippen molar-refractivity contribution in [2.45, 2.75) is 13.8 Å². The second-order valence-electron chi connectivity index (χ2n) is 0.908. The van der Waals surface area contributed by atoms with Gasteiger partial charge in [0, 0.05) is 0 Å². The Balaban J connectivity index is -0.00000000750. The molecule has 0 fully saturated rings. The molecule has 0 heterocycles. The second kappa shape index (κ2) is 23.1. The molecular formula is C3H6CeCl3O. The Bertz CT molecular complexity index is 37.5. The first-order chi connectivity index (χ1) is 1.73. The molecule has 0 rings (SSSR count). The van der Waals surface area contributed by atoms with Crippen molar-refractivity contribution in [2.75, 3.05) is 0 Å². The average Bonchev–Trinajstić information content (AvgIpc) is 0.811. The summed E-state index contributed by atoms with van der Waals surface area (Å²) in [5.41, 5.74) is 0. The molecule has 1 radical (unpaired) electrons. The molecule has 0 bridgehead atoms. The van der Waals surface area contributed by atoms with E-state index in [1.165, 1.54) is 13.8 Å². The van der Waals surface area contributed by atoms with Gasteiger partial charge in [-0.1, -0.05) is 0 Å². The largest absolute Gasteiger partial charge is 3.00 e. The van der Waals surface area contributed by atoms with Crippen molar-refractivity contribution < 1.29 is 83.8 Å². The molecule has 0 aliphatic carbocycles. The zero-order chi connectivity index (χ0) is 3.58. The summed E-state index contributed by atoms with van der Waals surface area (Å²) in [6.45, 7) is 3.06. The average molecular weight is 305 g/mol. The van der Waals surface area contributed by atoms with E-state index in [1.807, 2.05) is 0 Å². The fourth-order valence-electron chi connectivity index (χ4n) is 0. The summed E-state index contributed by atoms with van der Waals surface area (Å²) in [7, 11) is 0. The Morgan fingerprint density at radius 1 is 1.00 bits per heavy atom.